The highest BCUT2D eigenvalue weighted by atomic mass is 16.5. The number of hydrogen-bond donors (Lipinski definition) is 1. The van der Waals surface area contributed by atoms with Crippen LogP contribution in [-0.4, -0.2) is 30.9 Å². The highest BCUT2D eigenvalue weighted by Gasteiger charge is 2.35. The van der Waals surface area contributed by atoms with E-state index >= 15 is 0 Å². The van der Waals surface area contributed by atoms with Gasteiger partial charge in [0, 0.05) is 18.9 Å². The van der Waals surface area contributed by atoms with Crippen LogP contribution in [0.15, 0.2) is 0 Å². The van der Waals surface area contributed by atoms with Gasteiger partial charge in [-0.2, -0.15) is 0 Å². The Hall–Kier alpha value is -2.11. The molecule has 1 amide bonds. The van der Waals surface area contributed by atoms with Gasteiger partial charge in [0.2, 0.25) is 5.91 Å². The molecule has 0 unspecified atom stereocenters. The molecule has 27 heavy (non-hydrogen) atoms. The molecule has 5 nitrogen and oxygen atoms in total. The minimum atomic E-state index is -1.18. The molecule has 1 rings (SSSR count). The molecule has 0 aromatic heterocycles. The van der Waals surface area contributed by atoms with E-state index in [1.807, 2.05) is 41.5 Å². The standard InChI is InChI=1S/C21H30BNO4/c1-11-12(2)14(4)18(27-19(26)21(8,9)23-15(5)24)17(13(11)3)20(6,7)10-16(22)25/h10H2,1-9H3,(H,23,24). The second kappa shape index (κ2) is 7.87. The summed E-state index contributed by atoms with van der Waals surface area (Å²) < 4.78 is 5.82. The van der Waals surface area contributed by atoms with Crippen molar-refractivity contribution in [3.8, 4) is 5.75 Å². The number of hydrogen-bond acceptors (Lipinski definition) is 4. The van der Waals surface area contributed by atoms with E-state index < -0.39 is 22.6 Å². The van der Waals surface area contributed by atoms with Gasteiger partial charge in [-0.1, -0.05) is 13.8 Å². The molecule has 1 N–H and O–H groups in total. The lowest BCUT2D eigenvalue weighted by Gasteiger charge is -2.32. The lowest BCUT2D eigenvalue weighted by Crippen LogP contribution is -2.51. The van der Waals surface area contributed by atoms with Gasteiger partial charge in [0.1, 0.15) is 11.3 Å². The molecular weight excluding hydrogens is 341 g/mol. The number of nitrogens with one attached hydrogen (secondary N) is 1. The Morgan fingerprint density at radius 3 is 1.85 bits per heavy atom. The van der Waals surface area contributed by atoms with Crippen molar-refractivity contribution < 1.29 is 19.1 Å². The molecule has 1 aromatic carbocycles. The third-order valence-corrected chi connectivity index (χ3v) is 5.12. The Morgan fingerprint density at radius 1 is 0.926 bits per heavy atom. The topological polar surface area (TPSA) is 72.5 Å². The molecule has 6 heteroatoms. The number of carbonyl (C=O) groups is 3. The van der Waals surface area contributed by atoms with E-state index in [0.717, 1.165) is 27.8 Å². The normalized spacial score (nSPS) is 11.9. The molecule has 0 spiro atoms. The monoisotopic (exact) mass is 371 g/mol. The van der Waals surface area contributed by atoms with Crippen LogP contribution in [-0.2, 0) is 19.8 Å². The van der Waals surface area contributed by atoms with Gasteiger partial charge in [-0.05, 0) is 69.2 Å². The number of rotatable bonds is 6. The number of amides is 1. The summed E-state index contributed by atoms with van der Waals surface area (Å²) in [6.45, 7) is 16.2. The zero-order valence-electron chi connectivity index (χ0n) is 17.9. The number of ether oxygens (including phenoxy) is 1. The molecule has 1 aromatic rings. The van der Waals surface area contributed by atoms with Crippen molar-refractivity contribution in [1.82, 2.24) is 5.32 Å². The molecule has 0 saturated heterocycles. The Bertz CT molecular complexity index is 794. The second-order valence-corrected chi connectivity index (χ2v) is 8.43. The smallest absolute Gasteiger partial charge is 0.336 e. The Kier molecular flexibility index (Phi) is 6.68. The fourth-order valence-corrected chi connectivity index (χ4v) is 3.46. The van der Waals surface area contributed by atoms with Crippen LogP contribution in [0.25, 0.3) is 0 Å². The van der Waals surface area contributed by atoms with Crippen molar-refractivity contribution in [2.24, 2.45) is 0 Å². The Morgan fingerprint density at radius 2 is 1.41 bits per heavy atom. The Balaban J connectivity index is 3.60. The molecule has 0 aliphatic rings. The average molecular weight is 371 g/mol. The van der Waals surface area contributed by atoms with Crippen LogP contribution >= 0.6 is 0 Å². The summed E-state index contributed by atoms with van der Waals surface area (Å²) in [5, 5.41) is 2.60. The number of esters is 1. The maximum absolute atomic E-state index is 12.8. The van der Waals surface area contributed by atoms with E-state index in [1.165, 1.54) is 6.92 Å². The maximum Gasteiger partial charge on any atom is 0.336 e. The summed E-state index contributed by atoms with van der Waals surface area (Å²) in [4.78, 5) is 35.8. The van der Waals surface area contributed by atoms with E-state index in [4.69, 9.17) is 12.6 Å². The predicted octanol–water partition coefficient (Wildman–Crippen LogP) is 3.10. The number of carbonyl (C=O) groups excluding carboxylic acids is 3. The third-order valence-electron chi connectivity index (χ3n) is 5.12. The minimum absolute atomic E-state index is 0.120. The molecule has 0 bridgehead atoms. The molecule has 0 fully saturated rings. The highest BCUT2D eigenvalue weighted by Crippen LogP contribution is 2.42. The van der Waals surface area contributed by atoms with Gasteiger partial charge in [0.15, 0.2) is 7.85 Å². The van der Waals surface area contributed by atoms with Gasteiger partial charge in [-0.25, -0.2) is 4.79 Å². The summed E-state index contributed by atoms with van der Waals surface area (Å²) in [6.07, 6.45) is 0.120. The summed E-state index contributed by atoms with van der Waals surface area (Å²) in [5.41, 5.74) is 2.46. The molecular formula is C21H30BNO4. The zero-order valence-corrected chi connectivity index (χ0v) is 17.9. The van der Waals surface area contributed by atoms with Crippen molar-refractivity contribution in [3.63, 3.8) is 0 Å². The third kappa shape index (κ3) is 4.99. The van der Waals surface area contributed by atoms with Gasteiger partial charge in [0.05, 0.1) is 5.68 Å². The van der Waals surface area contributed by atoms with Crippen LogP contribution in [0.4, 0.5) is 0 Å². The Labute approximate surface area is 163 Å². The maximum atomic E-state index is 12.8. The van der Waals surface area contributed by atoms with Crippen LogP contribution in [0.1, 0.15) is 68.9 Å². The number of benzene rings is 1. The first-order valence-corrected chi connectivity index (χ1v) is 9.02. The predicted molar refractivity (Wildman–Crippen MR) is 107 cm³/mol. The molecule has 0 saturated carbocycles. The molecule has 0 aliphatic heterocycles. The summed E-state index contributed by atoms with van der Waals surface area (Å²) in [5.74, 6) is -0.455. The zero-order chi connectivity index (χ0) is 21.3. The van der Waals surface area contributed by atoms with Crippen LogP contribution in [0.5, 0.6) is 5.75 Å². The van der Waals surface area contributed by atoms with Crippen molar-refractivity contribution in [2.75, 3.05) is 0 Å². The van der Waals surface area contributed by atoms with Gasteiger partial charge in [-0.3, -0.25) is 4.79 Å². The fourth-order valence-electron chi connectivity index (χ4n) is 3.46. The summed E-state index contributed by atoms with van der Waals surface area (Å²) in [7, 11) is 5.45. The van der Waals surface area contributed by atoms with Crippen molar-refractivity contribution >= 4 is 25.4 Å². The lowest BCUT2D eigenvalue weighted by molar-refractivity contribution is -0.143. The summed E-state index contributed by atoms with van der Waals surface area (Å²) >= 11 is 0. The van der Waals surface area contributed by atoms with Gasteiger partial charge in [-0.15, -0.1) is 0 Å². The highest BCUT2D eigenvalue weighted by molar-refractivity contribution is 6.57. The first-order chi connectivity index (χ1) is 12.1. The molecule has 0 heterocycles. The van der Waals surface area contributed by atoms with Crippen LogP contribution in [0, 0.1) is 27.7 Å². The van der Waals surface area contributed by atoms with E-state index in [0.29, 0.717) is 5.75 Å². The van der Waals surface area contributed by atoms with Gasteiger partial charge >= 0.3 is 5.97 Å². The van der Waals surface area contributed by atoms with Crippen LogP contribution in [0.2, 0.25) is 0 Å². The quantitative estimate of drug-likeness (QED) is 0.474. The molecule has 146 valence electrons. The van der Waals surface area contributed by atoms with Crippen molar-refractivity contribution in [2.45, 2.75) is 79.7 Å². The van der Waals surface area contributed by atoms with Gasteiger partial charge < -0.3 is 14.8 Å². The average Bonchev–Trinajstić information content (AvgIpc) is 2.47. The van der Waals surface area contributed by atoms with Crippen LogP contribution < -0.4 is 10.1 Å². The van der Waals surface area contributed by atoms with Gasteiger partial charge in [0.25, 0.3) is 0 Å². The van der Waals surface area contributed by atoms with Crippen LogP contribution in [0.3, 0.4) is 0 Å². The minimum Gasteiger partial charge on any atom is -0.424 e. The largest absolute Gasteiger partial charge is 0.424 e. The first-order valence-electron chi connectivity index (χ1n) is 9.02. The van der Waals surface area contributed by atoms with E-state index in [1.54, 1.807) is 13.8 Å². The summed E-state index contributed by atoms with van der Waals surface area (Å²) in [6, 6.07) is 0. The SMILES string of the molecule is [B]C(=O)CC(C)(C)c1c(C)c(C)c(C)c(C)c1OC(=O)C(C)(C)NC(C)=O. The fraction of sp³-hybridized carbons (Fsp3) is 0.571. The lowest BCUT2D eigenvalue weighted by atomic mass is 9.72. The molecule has 0 atom stereocenters. The van der Waals surface area contributed by atoms with Crippen molar-refractivity contribution in [1.29, 1.82) is 0 Å². The van der Waals surface area contributed by atoms with E-state index in [2.05, 4.69) is 5.32 Å². The first kappa shape index (κ1) is 22.9. The molecule has 0 aliphatic carbocycles. The molecule has 2 radical (unpaired) electrons. The second-order valence-electron chi connectivity index (χ2n) is 8.43. The van der Waals surface area contributed by atoms with Crippen molar-refractivity contribution in [3.05, 3.63) is 27.8 Å². The van der Waals surface area contributed by atoms with E-state index in [-0.39, 0.29) is 12.3 Å². The van der Waals surface area contributed by atoms with E-state index in [9.17, 15) is 14.4 Å².